The Morgan fingerprint density at radius 2 is 1.85 bits per heavy atom. The summed E-state index contributed by atoms with van der Waals surface area (Å²) in [6.07, 6.45) is 0. The molecule has 13 heavy (non-hydrogen) atoms. The Labute approximate surface area is 89.9 Å². The van der Waals surface area contributed by atoms with Gasteiger partial charge in [0, 0.05) is 0 Å². The minimum atomic E-state index is -0.319. The molecule has 1 rings (SSSR count). The maximum Gasteiger partial charge on any atom is 0.134 e. The van der Waals surface area contributed by atoms with Gasteiger partial charge in [-0.3, -0.25) is 0 Å². The van der Waals surface area contributed by atoms with E-state index in [2.05, 4.69) is 48.2 Å². The maximum atomic E-state index is 5.83. The molecule has 0 radical (unpaired) electrons. The van der Waals surface area contributed by atoms with Crippen LogP contribution in [-0.4, -0.2) is 13.7 Å². The number of rotatable bonds is 2. The highest BCUT2D eigenvalue weighted by atomic mass is 79.9. The van der Waals surface area contributed by atoms with Crippen molar-refractivity contribution in [1.82, 2.24) is 0 Å². The van der Waals surface area contributed by atoms with E-state index in [1.807, 2.05) is 12.1 Å². The molecule has 0 saturated heterocycles. The maximum absolute atomic E-state index is 5.83. The third-order valence-electron chi connectivity index (χ3n) is 1.53. The number of ether oxygens (including phenoxy) is 1. The van der Waals surface area contributed by atoms with Crippen molar-refractivity contribution in [1.29, 1.82) is 0 Å². The summed E-state index contributed by atoms with van der Waals surface area (Å²) in [4.78, 5) is 0. The van der Waals surface area contributed by atoms with Gasteiger partial charge in [-0.1, -0.05) is 18.2 Å². The average molecular weight is 259 g/mol. The summed E-state index contributed by atoms with van der Waals surface area (Å²) < 4.78 is 5.83. The summed E-state index contributed by atoms with van der Waals surface area (Å²) in [6.45, 7) is 6.21. The van der Waals surface area contributed by atoms with Crippen LogP contribution >= 0.6 is 15.3 Å². The second-order valence-electron chi connectivity index (χ2n) is 3.96. The van der Waals surface area contributed by atoms with E-state index in [1.54, 1.807) is 0 Å². The molecule has 0 spiro atoms. The van der Waals surface area contributed by atoms with E-state index in [-0.39, 0.29) is 13.7 Å². The minimum Gasteiger partial charge on any atom is -0.488 e. The Kier molecular flexibility index (Phi) is 3.56. The van der Waals surface area contributed by atoms with Crippen molar-refractivity contribution < 1.29 is 4.74 Å². The number of hydrogen-bond acceptors (Lipinski definition) is 1. The molecule has 0 atom stereocenters. The molecule has 0 N–H and O–H groups in total. The van der Waals surface area contributed by atoms with Crippen molar-refractivity contribution in [3.63, 3.8) is 0 Å². The quantitative estimate of drug-likeness (QED) is 0.583. The van der Waals surface area contributed by atoms with E-state index in [0.29, 0.717) is 0 Å². The molecule has 0 heterocycles. The van der Waals surface area contributed by atoms with E-state index >= 15 is 0 Å². The first kappa shape index (κ1) is 10.8. The van der Waals surface area contributed by atoms with Crippen molar-refractivity contribution in [2.45, 2.75) is 26.4 Å². The molecule has 0 unspecified atom stereocenters. The Bertz CT molecular complexity index is 280. The van der Waals surface area contributed by atoms with Crippen LogP contribution in [0.15, 0.2) is 24.3 Å². The van der Waals surface area contributed by atoms with Crippen LogP contribution in [0.25, 0.3) is 0 Å². The van der Waals surface area contributed by atoms with Gasteiger partial charge >= 0.3 is 0 Å². The van der Waals surface area contributed by atoms with Gasteiger partial charge in [0.05, 0.1) is 0 Å². The molecule has 72 valence electrons. The lowest BCUT2D eigenvalue weighted by Crippen LogP contribution is -2.27. The van der Waals surface area contributed by atoms with Gasteiger partial charge in [-0.05, 0) is 32.0 Å². The first-order valence-corrected chi connectivity index (χ1v) is 8.96. The monoisotopic (exact) mass is 258 g/mol. The third-order valence-corrected chi connectivity index (χ3v) is 4.22. The van der Waals surface area contributed by atoms with Crippen LogP contribution in [0.5, 0.6) is 5.75 Å². The number of benzene rings is 1. The van der Waals surface area contributed by atoms with E-state index in [0.717, 1.165) is 5.75 Å². The molecule has 0 fully saturated rings. The molecular weight excluding hydrogens is 244 g/mol. The van der Waals surface area contributed by atoms with Crippen LogP contribution in [0.2, 0.25) is 0 Å². The normalized spacial score (nSPS) is 12.3. The Balaban J connectivity index is 2.87. The van der Waals surface area contributed by atoms with Crippen LogP contribution in [0.1, 0.15) is 20.8 Å². The molecule has 0 amide bonds. The summed E-state index contributed by atoms with van der Waals surface area (Å²) in [5, 5.41) is 1.33. The Morgan fingerprint density at radius 1 is 1.23 bits per heavy atom. The summed E-state index contributed by atoms with van der Waals surface area (Å²) in [5.74, 6) is 1.03. The molecule has 0 saturated carbocycles. The summed E-state index contributed by atoms with van der Waals surface area (Å²) >= 11 is 3.57. The number of hydrogen-bond donors (Lipinski definition) is 0. The van der Waals surface area contributed by atoms with Crippen LogP contribution in [0, 0.1) is 0 Å². The van der Waals surface area contributed by atoms with Gasteiger partial charge in [0.1, 0.15) is 19.5 Å². The van der Waals surface area contributed by atoms with Gasteiger partial charge in [0.25, 0.3) is 0 Å². The van der Waals surface area contributed by atoms with E-state index in [9.17, 15) is 0 Å². The van der Waals surface area contributed by atoms with Gasteiger partial charge in [-0.2, -0.15) is 0 Å². The molecule has 1 nitrogen and oxygen atoms in total. The fourth-order valence-corrected chi connectivity index (χ4v) is 2.98. The van der Waals surface area contributed by atoms with Crippen LogP contribution in [0.3, 0.4) is 0 Å². The average Bonchev–Trinajstić information content (AvgIpc) is 2.02. The molecule has 0 aromatic heterocycles. The Hall–Kier alpha value is -0.283. The predicted octanol–water partition coefficient (Wildman–Crippen LogP) is 1.97. The highest BCUT2D eigenvalue weighted by molar-refractivity contribution is 9.23. The van der Waals surface area contributed by atoms with Gasteiger partial charge < -0.3 is 4.74 Å². The van der Waals surface area contributed by atoms with Crippen molar-refractivity contribution >= 4 is 28.6 Å². The number of halogens is 1. The zero-order valence-corrected chi connectivity index (χ0v) is 11.3. The lowest BCUT2D eigenvalue weighted by atomic mass is 10.2. The fraction of sp³-hybridized carbons (Fsp3) is 0.400. The smallest absolute Gasteiger partial charge is 0.134 e. The highest BCUT2D eigenvalue weighted by Crippen LogP contribution is 2.15. The largest absolute Gasteiger partial charge is 0.488 e. The molecule has 3 heteroatoms. The Morgan fingerprint density at radius 3 is 2.38 bits per heavy atom. The minimum absolute atomic E-state index is 0.104. The molecule has 0 bridgehead atoms. The molecule has 0 aliphatic carbocycles. The fourth-order valence-electron chi connectivity index (χ4n) is 1.04. The third kappa shape index (κ3) is 3.52. The van der Waals surface area contributed by atoms with Crippen molar-refractivity contribution in [2.75, 3.05) is 0 Å². The van der Waals surface area contributed by atoms with Crippen LogP contribution in [-0.2, 0) is 0 Å². The van der Waals surface area contributed by atoms with E-state index in [1.165, 1.54) is 5.19 Å². The van der Waals surface area contributed by atoms with E-state index < -0.39 is 0 Å². The molecule has 1 aromatic rings. The zero-order valence-electron chi connectivity index (χ0n) is 8.30. The first-order chi connectivity index (χ1) is 6.03. The lowest BCUT2D eigenvalue weighted by Gasteiger charge is -2.22. The molecular formula is C10H15BrOSi. The van der Waals surface area contributed by atoms with Crippen molar-refractivity contribution in [3.05, 3.63) is 24.3 Å². The van der Waals surface area contributed by atoms with Crippen molar-refractivity contribution in [3.8, 4) is 5.75 Å². The zero-order chi connectivity index (χ0) is 9.90. The predicted molar refractivity (Wildman–Crippen MR) is 63.9 cm³/mol. The second-order valence-corrected chi connectivity index (χ2v) is 6.67. The molecule has 1 aromatic carbocycles. The lowest BCUT2D eigenvalue weighted by molar-refractivity contribution is 0.132. The topological polar surface area (TPSA) is 9.23 Å². The van der Waals surface area contributed by atoms with Gasteiger partial charge in [-0.15, -0.1) is 15.3 Å². The first-order valence-electron chi connectivity index (χ1n) is 4.36. The SMILES string of the molecule is CC(C)(C)Oc1ccccc1[SiH2]Br. The van der Waals surface area contributed by atoms with E-state index in [4.69, 9.17) is 4.74 Å². The molecule has 0 aliphatic rings. The summed E-state index contributed by atoms with van der Waals surface area (Å²) in [6, 6.07) is 8.23. The van der Waals surface area contributed by atoms with Crippen molar-refractivity contribution in [2.24, 2.45) is 0 Å². The highest BCUT2D eigenvalue weighted by Gasteiger charge is 2.13. The van der Waals surface area contributed by atoms with Crippen LogP contribution in [0.4, 0.5) is 0 Å². The van der Waals surface area contributed by atoms with Gasteiger partial charge in [0.15, 0.2) is 0 Å². The molecule has 0 aliphatic heterocycles. The second kappa shape index (κ2) is 4.29. The summed E-state index contributed by atoms with van der Waals surface area (Å²) in [5.41, 5.74) is -0.104. The van der Waals surface area contributed by atoms with Gasteiger partial charge in [-0.25, -0.2) is 0 Å². The number of para-hydroxylation sites is 1. The van der Waals surface area contributed by atoms with Crippen LogP contribution < -0.4 is 9.92 Å². The standard InChI is InChI=1S/C10H15BrOSi/c1-10(2,3)12-8-6-4-5-7-9(8)13-11/h4-7H,13H2,1-3H3. The van der Waals surface area contributed by atoms with Gasteiger partial charge in [0.2, 0.25) is 0 Å². The summed E-state index contributed by atoms with van der Waals surface area (Å²) in [7, 11) is -0.319.